The summed E-state index contributed by atoms with van der Waals surface area (Å²) in [7, 11) is 0. The molecule has 0 aromatic heterocycles. The summed E-state index contributed by atoms with van der Waals surface area (Å²) in [6.45, 7) is 4.42. The molecular weight excluding hydrogens is 362 g/mol. The number of hydrogen-bond donors (Lipinski definition) is 0. The first-order valence-corrected chi connectivity index (χ1v) is 9.45. The zero-order valence-electron chi connectivity index (χ0n) is 15.5. The van der Waals surface area contributed by atoms with Gasteiger partial charge in [-0.3, -0.25) is 14.4 Å². The summed E-state index contributed by atoms with van der Waals surface area (Å²) in [5.74, 6) is -0.279. The maximum atomic E-state index is 12.9. The van der Waals surface area contributed by atoms with Crippen LogP contribution in [0.3, 0.4) is 0 Å². The van der Waals surface area contributed by atoms with E-state index in [1.54, 1.807) is 47.4 Å². The molecule has 1 heterocycles. The minimum atomic E-state index is -0.209. The number of carbonyl (C=O) groups is 3. The van der Waals surface area contributed by atoms with Crippen LogP contribution in [0.25, 0.3) is 0 Å². The van der Waals surface area contributed by atoms with Crippen molar-refractivity contribution in [2.45, 2.75) is 26.7 Å². The van der Waals surface area contributed by atoms with E-state index < -0.39 is 0 Å². The lowest BCUT2D eigenvalue weighted by Gasteiger charge is -2.32. The van der Waals surface area contributed by atoms with Crippen LogP contribution in [0, 0.1) is 12.8 Å². The van der Waals surface area contributed by atoms with Crippen LogP contribution in [0.2, 0.25) is 5.02 Å². The van der Waals surface area contributed by atoms with Gasteiger partial charge in [0.2, 0.25) is 0 Å². The summed E-state index contributed by atoms with van der Waals surface area (Å²) in [6.07, 6.45) is 1.56. The summed E-state index contributed by atoms with van der Waals surface area (Å²) in [4.78, 5) is 38.9. The number of hydrogen-bond acceptors (Lipinski definition) is 3. The van der Waals surface area contributed by atoms with Gasteiger partial charge in [-0.05, 0) is 62.6 Å². The molecular formula is C22H22ClNO3. The third-order valence-corrected chi connectivity index (χ3v) is 5.31. The van der Waals surface area contributed by atoms with Crippen molar-refractivity contribution >= 4 is 29.1 Å². The number of piperidine rings is 1. The van der Waals surface area contributed by atoms with E-state index in [2.05, 4.69) is 0 Å². The number of Topliss-reactive ketones (excluding diaryl/α,β-unsaturated/α-hetero) is 2. The van der Waals surface area contributed by atoms with Gasteiger partial charge in [-0.25, -0.2) is 0 Å². The summed E-state index contributed by atoms with van der Waals surface area (Å²) < 4.78 is 0. The van der Waals surface area contributed by atoms with Crippen LogP contribution in [-0.2, 0) is 0 Å². The predicted molar refractivity (Wildman–Crippen MR) is 106 cm³/mol. The molecule has 1 atom stereocenters. The SMILES string of the molecule is CC(=O)c1ccc(C(=O)N2CCC[C@H](C(=O)c3ccc(Cl)cc3C)C2)cc1. The van der Waals surface area contributed by atoms with Crippen LogP contribution in [0.1, 0.15) is 56.4 Å². The van der Waals surface area contributed by atoms with Gasteiger partial charge in [0.15, 0.2) is 11.6 Å². The lowest BCUT2D eigenvalue weighted by atomic mass is 9.88. The average molecular weight is 384 g/mol. The second-order valence-electron chi connectivity index (χ2n) is 7.05. The number of nitrogens with zero attached hydrogens (tertiary/aromatic N) is 1. The molecule has 2 aromatic carbocycles. The number of carbonyl (C=O) groups excluding carboxylic acids is 3. The Bertz CT molecular complexity index is 889. The zero-order valence-corrected chi connectivity index (χ0v) is 16.3. The van der Waals surface area contributed by atoms with Gasteiger partial charge in [-0.2, -0.15) is 0 Å². The van der Waals surface area contributed by atoms with Crippen molar-refractivity contribution in [2.75, 3.05) is 13.1 Å². The molecule has 0 N–H and O–H groups in total. The molecule has 1 amide bonds. The first-order valence-electron chi connectivity index (χ1n) is 9.07. The molecule has 2 aromatic rings. The molecule has 0 aliphatic carbocycles. The van der Waals surface area contributed by atoms with E-state index >= 15 is 0 Å². The molecule has 5 heteroatoms. The van der Waals surface area contributed by atoms with E-state index in [4.69, 9.17) is 11.6 Å². The van der Waals surface area contributed by atoms with Gasteiger partial charge in [-0.15, -0.1) is 0 Å². The monoisotopic (exact) mass is 383 g/mol. The first kappa shape index (κ1) is 19.3. The van der Waals surface area contributed by atoms with Crippen LogP contribution in [0.15, 0.2) is 42.5 Å². The molecule has 0 saturated carbocycles. The third-order valence-electron chi connectivity index (χ3n) is 5.07. The normalized spacial score (nSPS) is 16.9. The largest absolute Gasteiger partial charge is 0.338 e. The van der Waals surface area contributed by atoms with Crippen molar-refractivity contribution in [1.29, 1.82) is 0 Å². The molecule has 0 unspecified atom stereocenters. The van der Waals surface area contributed by atoms with E-state index in [0.29, 0.717) is 34.8 Å². The van der Waals surface area contributed by atoms with Gasteiger partial charge in [0.25, 0.3) is 5.91 Å². The Balaban J connectivity index is 1.74. The number of halogens is 1. The fourth-order valence-corrected chi connectivity index (χ4v) is 3.76. The zero-order chi connectivity index (χ0) is 19.6. The van der Waals surface area contributed by atoms with Crippen LogP contribution < -0.4 is 0 Å². The maximum Gasteiger partial charge on any atom is 0.253 e. The van der Waals surface area contributed by atoms with Crippen molar-refractivity contribution in [3.63, 3.8) is 0 Å². The number of aryl methyl sites for hydroxylation is 1. The Labute approximate surface area is 164 Å². The van der Waals surface area contributed by atoms with E-state index in [0.717, 1.165) is 18.4 Å². The van der Waals surface area contributed by atoms with Crippen molar-refractivity contribution < 1.29 is 14.4 Å². The molecule has 140 valence electrons. The van der Waals surface area contributed by atoms with Crippen molar-refractivity contribution in [1.82, 2.24) is 4.90 Å². The lowest BCUT2D eigenvalue weighted by Crippen LogP contribution is -2.42. The Morgan fingerprint density at radius 1 is 1.04 bits per heavy atom. The van der Waals surface area contributed by atoms with Gasteiger partial charge >= 0.3 is 0 Å². The molecule has 1 fully saturated rings. The topological polar surface area (TPSA) is 54.5 Å². The molecule has 1 saturated heterocycles. The highest BCUT2D eigenvalue weighted by Gasteiger charge is 2.30. The second-order valence-corrected chi connectivity index (χ2v) is 7.48. The summed E-state index contributed by atoms with van der Waals surface area (Å²) in [5.41, 5.74) is 2.65. The fraction of sp³-hybridized carbons (Fsp3) is 0.318. The third kappa shape index (κ3) is 4.28. The summed E-state index contributed by atoms with van der Waals surface area (Å²) in [5, 5.41) is 0.610. The number of ketones is 2. The van der Waals surface area contributed by atoms with Crippen LogP contribution >= 0.6 is 11.6 Å². The van der Waals surface area contributed by atoms with Gasteiger partial charge in [0, 0.05) is 40.7 Å². The van der Waals surface area contributed by atoms with Crippen molar-refractivity contribution in [2.24, 2.45) is 5.92 Å². The number of benzene rings is 2. The quantitative estimate of drug-likeness (QED) is 0.726. The predicted octanol–water partition coefficient (Wildman–Crippen LogP) is 4.59. The number of rotatable bonds is 4. The Morgan fingerprint density at radius 3 is 2.33 bits per heavy atom. The summed E-state index contributed by atoms with van der Waals surface area (Å²) in [6, 6.07) is 12.0. The Hall–Kier alpha value is -2.46. The van der Waals surface area contributed by atoms with Gasteiger partial charge < -0.3 is 4.90 Å². The minimum absolute atomic E-state index is 0.0315. The lowest BCUT2D eigenvalue weighted by molar-refractivity contribution is 0.0636. The molecule has 1 aliphatic heterocycles. The highest BCUT2D eigenvalue weighted by molar-refractivity contribution is 6.30. The van der Waals surface area contributed by atoms with Crippen molar-refractivity contribution in [3.05, 3.63) is 69.7 Å². The van der Waals surface area contributed by atoms with Gasteiger partial charge in [0.1, 0.15) is 0 Å². The minimum Gasteiger partial charge on any atom is -0.338 e. The highest BCUT2D eigenvalue weighted by Crippen LogP contribution is 2.25. The van der Waals surface area contributed by atoms with E-state index in [9.17, 15) is 14.4 Å². The molecule has 0 bridgehead atoms. The van der Waals surface area contributed by atoms with Crippen molar-refractivity contribution in [3.8, 4) is 0 Å². The fourth-order valence-electron chi connectivity index (χ4n) is 3.53. The molecule has 0 spiro atoms. The van der Waals surface area contributed by atoms with Gasteiger partial charge in [-0.1, -0.05) is 23.7 Å². The van der Waals surface area contributed by atoms with E-state index in [-0.39, 0.29) is 23.4 Å². The Morgan fingerprint density at radius 2 is 1.70 bits per heavy atom. The number of amides is 1. The standard InChI is InChI=1S/C22H22ClNO3/c1-14-12-19(23)9-10-20(14)21(26)18-4-3-11-24(13-18)22(27)17-7-5-16(6-8-17)15(2)25/h5-10,12,18H,3-4,11,13H2,1-2H3/t18-/m0/s1. The van der Waals surface area contributed by atoms with Crippen LogP contribution in [0.5, 0.6) is 0 Å². The molecule has 4 nitrogen and oxygen atoms in total. The average Bonchev–Trinajstić information content (AvgIpc) is 2.67. The van der Waals surface area contributed by atoms with Crippen LogP contribution in [-0.4, -0.2) is 35.5 Å². The highest BCUT2D eigenvalue weighted by atomic mass is 35.5. The Kier molecular flexibility index (Phi) is 5.76. The molecule has 3 rings (SSSR count). The van der Waals surface area contributed by atoms with Crippen LogP contribution in [0.4, 0.5) is 0 Å². The van der Waals surface area contributed by atoms with E-state index in [1.165, 1.54) is 6.92 Å². The van der Waals surface area contributed by atoms with E-state index in [1.807, 2.05) is 6.92 Å². The number of likely N-dealkylation sites (tertiary alicyclic amines) is 1. The summed E-state index contributed by atoms with van der Waals surface area (Å²) >= 11 is 5.99. The maximum absolute atomic E-state index is 12.9. The first-order chi connectivity index (χ1) is 12.9. The smallest absolute Gasteiger partial charge is 0.253 e. The molecule has 1 aliphatic rings. The van der Waals surface area contributed by atoms with Gasteiger partial charge in [0.05, 0.1) is 0 Å². The second kappa shape index (κ2) is 8.05. The molecule has 0 radical (unpaired) electrons. The molecule has 27 heavy (non-hydrogen) atoms.